The standard InChI is InChI=1S/C16H21N5O4/c17-16(24)14-5-18-6-15(19-14)21-4-3-20(7-11(23)8-21)9-12-1-2-13(10-22)25-12/h1-2,5-6,11,22-23H,3-4,7-10H2,(H2,17,24)/t11-/m1/s1. The molecule has 0 unspecified atom stereocenters. The van der Waals surface area contributed by atoms with E-state index in [-0.39, 0.29) is 12.3 Å². The fraction of sp³-hybridized carbons (Fsp3) is 0.438. The third-order valence-electron chi connectivity index (χ3n) is 4.04. The number of aromatic nitrogens is 2. The molecule has 1 fully saturated rings. The Hall–Kier alpha value is -2.49. The highest BCUT2D eigenvalue weighted by molar-refractivity contribution is 5.90. The number of nitrogens with two attached hydrogens (primary N) is 1. The number of primary amides is 1. The van der Waals surface area contributed by atoms with E-state index >= 15 is 0 Å². The molecule has 0 aliphatic carbocycles. The molecule has 0 radical (unpaired) electrons. The van der Waals surface area contributed by atoms with Crippen LogP contribution in [0, 0.1) is 0 Å². The van der Waals surface area contributed by atoms with Crippen molar-refractivity contribution in [3.63, 3.8) is 0 Å². The first-order valence-electron chi connectivity index (χ1n) is 8.01. The lowest BCUT2D eigenvalue weighted by molar-refractivity contribution is 0.0995. The van der Waals surface area contributed by atoms with Gasteiger partial charge < -0.3 is 25.3 Å². The molecule has 9 nitrogen and oxygen atoms in total. The molecule has 1 amide bonds. The van der Waals surface area contributed by atoms with Crippen molar-refractivity contribution in [2.45, 2.75) is 19.3 Å². The molecule has 0 bridgehead atoms. The maximum atomic E-state index is 11.3. The van der Waals surface area contributed by atoms with Crippen LogP contribution < -0.4 is 10.6 Å². The fourth-order valence-electron chi connectivity index (χ4n) is 2.85. The maximum absolute atomic E-state index is 11.3. The predicted molar refractivity (Wildman–Crippen MR) is 88.7 cm³/mol. The molecule has 3 rings (SSSR count). The fourth-order valence-corrected chi connectivity index (χ4v) is 2.85. The van der Waals surface area contributed by atoms with Gasteiger partial charge in [0.05, 0.1) is 25.0 Å². The second-order valence-corrected chi connectivity index (χ2v) is 5.99. The summed E-state index contributed by atoms with van der Waals surface area (Å²) in [5.74, 6) is 1.13. The Labute approximate surface area is 144 Å². The van der Waals surface area contributed by atoms with Crippen LogP contribution in [0.5, 0.6) is 0 Å². The zero-order valence-corrected chi connectivity index (χ0v) is 13.7. The predicted octanol–water partition coefficient (Wildman–Crippen LogP) is -0.656. The Morgan fingerprint density at radius 2 is 2.08 bits per heavy atom. The van der Waals surface area contributed by atoms with Gasteiger partial charge in [-0.25, -0.2) is 4.98 Å². The number of hydrogen-bond acceptors (Lipinski definition) is 8. The third kappa shape index (κ3) is 4.32. The van der Waals surface area contributed by atoms with Gasteiger partial charge in [0, 0.05) is 26.2 Å². The van der Waals surface area contributed by atoms with E-state index in [4.69, 9.17) is 15.3 Å². The Kier molecular flexibility index (Phi) is 5.27. The number of anilines is 1. The molecule has 0 spiro atoms. The number of hydrogen-bond donors (Lipinski definition) is 3. The number of aliphatic hydroxyl groups is 2. The Balaban J connectivity index is 1.68. The van der Waals surface area contributed by atoms with Crippen LogP contribution in [0.25, 0.3) is 0 Å². The minimum atomic E-state index is -0.635. The quantitative estimate of drug-likeness (QED) is 0.650. The van der Waals surface area contributed by atoms with Crippen LogP contribution in [0.4, 0.5) is 5.82 Å². The summed E-state index contributed by atoms with van der Waals surface area (Å²) in [6, 6.07) is 3.56. The van der Waals surface area contributed by atoms with E-state index in [2.05, 4.69) is 14.9 Å². The number of rotatable bonds is 5. The number of carbonyl (C=O) groups excluding carboxylic acids is 1. The number of carbonyl (C=O) groups is 1. The molecule has 1 saturated heterocycles. The molecule has 3 heterocycles. The van der Waals surface area contributed by atoms with Crippen LogP contribution in [0.15, 0.2) is 28.9 Å². The number of nitrogens with zero attached hydrogens (tertiary/aromatic N) is 4. The first kappa shape index (κ1) is 17.3. The molecule has 1 aliphatic rings. The zero-order chi connectivity index (χ0) is 17.8. The highest BCUT2D eigenvalue weighted by Gasteiger charge is 2.23. The third-order valence-corrected chi connectivity index (χ3v) is 4.04. The van der Waals surface area contributed by atoms with Crippen LogP contribution in [0.3, 0.4) is 0 Å². The summed E-state index contributed by atoms with van der Waals surface area (Å²) < 4.78 is 5.50. The summed E-state index contributed by atoms with van der Waals surface area (Å²) in [4.78, 5) is 23.4. The van der Waals surface area contributed by atoms with Gasteiger partial charge in [-0.15, -0.1) is 0 Å². The molecular weight excluding hydrogens is 326 g/mol. The van der Waals surface area contributed by atoms with E-state index in [1.807, 2.05) is 11.0 Å². The van der Waals surface area contributed by atoms with Gasteiger partial charge in [0.1, 0.15) is 29.6 Å². The van der Waals surface area contributed by atoms with Gasteiger partial charge in [0.15, 0.2) is 0 Å². The van der Waals surface area contributed by atoms with Gasteiger partial charge in [-0.3, -0.25) is 14.7 Å². The van der Waals surface area contributed by atoms with Crippen LogP contribution in [-0.4, -0.2) is 63.3 Å². The van der Waals surface area contributed by atoms with Gasteiger partial charge in [-0.2, -0.15) is 0 Å². The van der Waals surface area contributed by atoms with Gasteiger partial charge in [0.2, 0.25) is 0 Å². The highest BCUT2D eigenvalue weighted by Crippen LogP contribution is 2.16. The van der Waals surface area contributed by atoms with Gasteiger partial charge in [0.25, 0.3) is 5.91 Å². The summed E-state index contributed by atoms with van der Waals surface area (Å²) >= 11 is 0. The average Bonchev–Trinajstić information content (AvgIpc) is 2.97. The van der Waals surface area contributed by atoms with Crippen molar-refractivity contribution in [1.82, 2.24) is 14.9 Å². The van der Waals surface area contributed by atoms with E-state index in [0.717, 1.165) is 5.76 Å². The normalized spacial score (nSPS) is 19.0. The lowest BCUT2D eigenvalue weighted by atomic mass is 10.3. The summed E-state index contributed by atoms with van der Waals surface area (Å²) in [6.07, 6.45) is 2.28. The minimum Gasteiger partial charge on any atom is -0.462 e. The second-order valence-electron chi connectivity index (χ2n) is 5.99. The van der Waals surface area contributed by atoms with Crippen molar-refractivity contribution in [1.29, 1.82) is 0 Å². The Morgan fingerprint density at radius 1 is 1.28 bits per heavy atom. The molecule has 4 N–H and O–H groups in total. The molecule has 9 heteroatoms. The van der Waals surface area contributed by atoms with Gasteiger partial charge in [-0.05, 0) is 12.1 Å². The number of aliphatic hydroxyl groups excluding tert-OH is 2. The van der Waals surface area contributed by atoms with E-state index in [0.29, 0.717) is 44.3 Å². The van der Waals surface area contributed by atoms with Crippen molar-refractivity contribution < 1.29 is 19.4 Å². The number of β-amino-alcohol motifs (C(OH)–C–C–N with tert-alkyl or cyclic N) is 1. The van der Waals surface area contributed by atoms with Crippen LogP contribution in [0.2, 0.25) is 0 Å². The molecule has 134 valence electrons. The molecule has 25 heavy (non-hydrogen) atoms. The van der Waals surface area contributed by atoms with E-state index in [1.165, 1.54) is 6.20 Å². The van der Waals surface area contributed by atoms with Crippen molar-refractivity contribution in [2.24, 2.45) is 5.73 Å². The number of amides is 1. The molecular formula is C16H21N5O4. The maximum Gasteiger partial charge on any atom is 0.268 e. The lowest BCUT2D eigenvalue weighted by Gasteiger charge is -2.22. The smallest absolute Gasteiger partial charge is 0.268 e. The SMILES string of the molecule is NC(=O)c1cncc(N2CCN(Cc3ccc(CO)o3)C[C@@H](O)C2)n1. The van der Waals surface area contributed by atoms with E-state index < -0.39 is 12.0 Å². The van der Waals surface area contributed by atoms with Crippen molar-refractivity contribution in [2.75, 3.05) is 31.1 Å². The topological polar surface area (TPSA) is 129 Å². The summed E-state index contributed by atoms with van der Waals surface area (Å²) in [5.41, 5.74) is 5.34. The molecule has 2 aromatic rings. The summed E-state index contributed by atoms with van der Waals surface area (Å²) in [6.45, 7) is 2.56. The minimum absolute atomic E-state index is 0.0974. The molecule has 0 saturated carbocycles. The van der Waals surface area contributed by atoms with Crippen LogP contribution >= 0.6 is 0 Å². The van der Waals surface area contributed by atoms with Crippen LogP contribution in [-0.2, 0) is 13.2 Å². The van der Waals surface area contributed by atoms with Crippen molar-refractivity contribution >= 4 is 11.7 Å². The molecule has 1 aliphatic heterocycles. The second kappa shape index (κ2) is 7.60. The van der Waals surface area contributed by atoms with Crippen molar-refractivity contribution in [3.8, 4) is 0 Å². The van der Waals surface area contributed by atoms with Gasteiger partial charge >= 0.3 is 0 Å². The summed E-state index contributed by atoms with van der Waals surface area (Å²) in [5, 5.41) is 19.4. The molecule has 0 aromatic carbocycles. The van der Waals surface area contributed by atoms with E-state index in [1.54, 1.807) is 12.3 Å². The first-order valence-corrected chi connectivity index (χ1v) is 8.01. The van der Waals surface area contributed by atoms with Crippen molar-refractivity contribution in [3.05, 3.63) is 41.7 Å². The zero-order valence-electron chi connectivity index (χ0n) is 13.7. The van der Waals surface area contributed by atoms with Gasteiger partial charge in [-0.1, -0.05) is 0 Å². The average molecular weight is 347 g/mol. The van der Waals surface area contributed by atoms with Crippen LogP contribution in [0.1, 0.15) is 22.0 Å². The Bertz CT molecular complexity index is 735. The molecule has 1 atom stereocenters. The van der Waals surface area contributed by atoms with E-state index in [9.17, 15) is 9.90 Å². The monoisotopic (exact) mass is 347 g/mol. The number of furan rings is 1. The molecule has 2 aromatic heterocycles. The Morgan fingerprint density at radius 3 is 2.80 bits per heavy atom. The first-order chi connectivity index (χ1) is 12.0. The largest absolute Gasteiger partial charge is 0.462 e. The lowest BCUT2D eigenvalue weighted by Crippen LogP contribution is -2.34. The summed E-state index contributed by atoms with van der Waals surface area (Å²) in [7, 11) is 0. The highest BCUT2D eigenvalue weighted by atomic mass is 16.4.